The Kier molecular flexibility index (Phi) is 4.46. The van der Waals surface area contributed by atoms with Gasteiger partial charge in [0.05, 0.1) is 24.8 Å². The van der Waals surface area contributed by atoms with E-state index in [1.165, 1.54) is 18.3 Å². The second-order valence-electron chi connectivity index (χ2n) is 3.60. The number of hydrogen-bond acceptors (Lipinski definition) is 3. The van der Waals surface area contributed by atoms with Gasteiger partial charge in [-0.2, -0.15) is 8.78 Å². The van der Waals surface area contributed by atoms with Gasteiger partial charge in [-0.15, -0.1) is 0 Å². The summed E-state index contributed by atoms with van der Waals surface area (Å²) in [7, 11) is 0. The number of alkyl halides is 4. The third-order valence-corrected chi connectivity index (χ3v) is 2.03. The number of nitrogens with zero attached hydrogens (tertiary/aromatic N) is 1. The van der Waals surface area contributed by atoms with E-state index in [0.29, 0.717) is 11.4 Å². The lowest BCUT2D eigenvalue weighted by atomic mass is 10.2. The molecule has 1 aromatic heterocycles. The van der Waals surface area contributed by atoms with E-state index in [2.05, 4.69) is 4.98 Å². The molecule has 18 heavy (non-hydrogen) atoms. The van der Waals surface area contributed by atoms with Crippen molar-refractivity contribution in [2.45, 2.75) is 18.8 Å². The molecule has 0 spiro atoms. The first-order chi connectivity index (χ1) is 8.31. The van der Waals surface area contributed by atoms with Gasteiger partial charge in [-0.1, -0.05) is 0 Å². The van der Waals surface area contributed by atoms with Gasteiger partial charge in [-0.05, 0) is 12.1 Å². The third kappa shape index (κ3) is 4.19. The molecule has 1 heterocycles. The molecule has 100 valence electrons. The van der Waals surface area contributed by atoms with E-state index in [0.717, 1.165) is 0 Å². The topological polar surface area (TPSA) is 68.0 Å². The Morgan fingerprint density at radius 3 is 2.61 bits per heavy atom. The van der Waals surface area contributed by atoms with Crippen molar-refractivity contribution in [1.29, 1.82) is 0 Å². The fourth-order valence-corrected chi connectivity index (χ4v) is 1.06. The molecule has 4 nitrogen and oxygen atoms in total. The van der Waals surface area contributed by atoms with E-state index in [-0.39, 0.29) is 6.42 Å². The Morgan fingerprint density at radius 2 is 2.11 bits per heavy atom. The van der Waals surface area contributed by atoms with Gasteiger partial charge in [0, 0.05) is 5.69 Å². The predicted molar refractivity (Wildman–Crippen MR) is 56.3 cm³/mol. The minimum Gasteiger partial charge on any atom is -0.397 e. The molecule has 0 unspecified atom stereocenters. The van der Waals surface area contributed by atoms with Gasteiger partial charge in [-0.3, -0.25) is 9.78 Å². The van der Waals surface area contributed by atoms with Gasteiger partial charge >= 0.3 is 12.3 Å². The van der Waals surface area contributed by atoms with Crippen molar-refractivity contribution < 1.29 is 22.4 Å². The van der Waals surface area contributed by atoms with Crippen LogP contribution in [0.4, 0.5) is 23.2 Å². The summed E-state index contributed by atoms with van der Waals surface area (Å²) in [5.41, 5.74) is 6.06. The van der Waals surface area contributed by atoms with Crippen molar-refractivity contribution in [3.63, 3.8) is 0 Å². The maximum Gasteiger partial charge on any atom is 0.324 e. The lowest BCUT2D eigenvalue weighted by Gasteiger charge is -2.15. The van der Waals surface area contributed by atoms with E-state index in [4.69, 9.17) is 5.73 Å². The molecule has 3 N–H and O–H groups in total. The number of pyridine rings is 1. The fourth-order valence-electron chi connectivity index (χ4n) is 1.06. The first-order valence-electron chi connectivity index (χ1n) is 4.94. The summed E-state index contributed by atoms with van der Waals surface area (Å²) in [4.78, 5) is 15.0. The standard InChI is InChI=1S/C10H11F4N3O/c11-9(12)10(13,14)5-17-8(18)3-7-2-1-6(15)4-16-7/h1-2,4,9H,3,5,15H2,(H,17,18). The zero-order valence-corrected chi connectivity index (χ0v) is 9.17. The molecule has 8 heteroatoms. The minimum atomic E-state index is -4.23. The Hall–Kier alpha value is -1.86. The Bertz CT molecular complexity index is 408. The fraction of sp³-hybridized carbons (Fsp3) is 0.400. The molecule has 0 aliphatic carbocycles. The van der Waals surface area contributed by atoms with Crippen molar-refractivity contribution in [3.8, 4) is 0 Å². The van der Waals surface area contributed by atoms with Crippen LogP contribution in [0.25, 0.3) is 0 Å². The summed E-state index contributed by atoms with van der Waals surface area (Å²) in [6, 6.07) is 2.93. The molecule has 0 bridgehead atoms. The van der Waals surface area contributed by atoms with Crippen molar-refractivity contribution in [1.82, 2.24) is 10.3 Å². The smallest absolute Gasteiger partial charge is 0.324 e. The molecule has 1 aromatic rings. The van der Waals surface area contributed by atoms with Gasteiger partial charge in [0.25, 0.3) is 0 Å². The van der Waals surface area contributed by atoms with Gasteiger partial charge in [0.2, 0.25) is 5.91 Å². The second-order valence-corrected chi connectivity index (χ2v) is 3.60. The summed E-state index contributed by atoms with van der Waals surface area (Å²) in [6.45, 7) is -1.40. The number of halogens is 4. The Morgan fingerprint density at radius 1 is 1.44 bits per heavy atom. The number of nitrogens with two attached hydrogens (primary N) is 1. The zero-order chi connectivity index (χ0) is 13.8. The van der Waals surface area contributed by atoms with Gasteiger partial charge in [-0.25, -0.2) is 8.78 Å². The van der Waals surface area contributed by atoms with Crippen LogP contribution in [-0.2, 0) is 11.2 Å². The van der Waals surface area contributed by atoms with Crippen LogP contribution in [0.5, 0.6) is 0 Å². The number of rotatable bonds is 5. The first kappa shape index (κ1) is 14.2. The summed E-state index contributed by atoms with van der Waals surface area (Å²) in [5.74, 6) is -5.04. The van der Waals surface area contributed by atoms with Gasteiger partial charge in [0.15, 0.2) is 0 Å². The largest absolute Gasteiger partial charge is 0.397 e. The SMILES string of the molecule is Nc1ccc(CC(=O)NCC(F)(F)C(F)F)nc1. The molecule has 1 rings (SSSR count). The van der Waals surface area contributed by atoms with E-state index in [9.17, 15) is 22.4 Å². The van der Waals surface area contributed by atoms with Crippen LogP contribution in [0.15, 0.2) is 18.3 Å². The number of amides is 1. The molecule has 1 amide bonds. The molecule has 0 aliphatic rings. The molecule has 0 saturated carbocycles. The molecule has 0 saturated heterocycles. The first-order valence-corrected chi connectivity index (χ1v) is 4.94. The average Bonchev–Trinajstić information content (AvgIpc) is 2.29. The molecular weight excluding hydrogens is 254 g/mol. The number of hydrogen-bond donors (Lipinski definition) is 2. The summed E-state index contributed by atoms with van der Waals surface area (Å²) >= 11 is 0. The summed E-state index contributed by atoms with van der Waals surface area (Å²) in [6.07, 6.45) is -2.79. The van der Waals surface area contributed by atoms with Crippen molar-refractivity contribution in [2.75, 3.05) is 12.3 Å². The van der Waals surface area contributed by atoms with Crippen LogP contribution < -0.4 is 11.1 Å². The molecule has 0 radical (unpaired) electrons. The lowest BCUT2D eigenvalue weighted by molar-refractivity contribution is -0.136. The molecular formula is C10H11F4N3O. The predicted octanol–water partition coefficient (Wildman–Crippen LogP) is 1.22. The molecule has 0 fully saturated rings. The van der Waals surface area contributed by atoms with Crippen LogP contribution in [0.3, 0.4) is 0 Å². The second kappa shape index (κ2) is 5.65. The van der Waals surface area contributed by atoms with Gasteiger partial charge < -0.3 is 11.1 Å². The number of carbonyl (C=O) groups is 1. The third-order valence-electron chi connectivity index (χ3n) is 2.03. The number of anilines is 1. The Balaban J connectivity index is 2.45. The maximum absolute atomic E-state index is 12.5. The van der Waals surface area contributed by atoms with Crippen LogP contribution in [0.1, 0.15) is 5.69 Å². The van der Waals surface area contributed by atoms with Crippen molar-refractivity contribution in [2.24, 2.45) is 0 Å². The number of nitrogens with one attached hydrogen (secondary N) is 1. The minimum absolute atomic E-state index is 0.278. The zero-order valence-electron chi connectivity index (χ0n) is 9.17. The van der Waals surface area contributed by atoms with E-state index >= 15 is 0 Å². The molecule has 0 atom stereocenters. The lowest BCUT2D eigenvalue weighted by Crippen LogP contribution is -2.41. The summed E-state index contributed by atoms with van der Waals surface area (Å²) in [5, 5.41) is 1.73. The van der Waals surface area contributed by atoms with E-state index in [1.54, 1.807) is 5.32 Å². The van der Waals surface area contributed by atoms with Crippen LogP contribution in [0.2, 0.25) is 0 Å². The quantitative estimate of drug-likeness (QED) is 0.787. The molecule has 0 aliphatic heterocycles. The van der Waals surface area contributed by atoms with E-state index < -0.39 is 24.8 Å². The highest BCUT2D eigenvalue weighted by molar-refractivity contribution is 5.78. The normalized spacial score (nSPS) is 11.6. The van der Waals surface area contributed by atoms with Gasteiger partial charge in [0.1, 0.15) is 0 Å². The monoisotopic (exact) mass is 265 g/mol. The molecule has 0 aromatic carbocycles. The van der Waals surface area contributed by atoms with Crippen molar-refractivity contribution in [3.05, 3.63) is 24.0 Å². The number of carbonyl (C=O) groups excluding carboxylic acids is 1. The highest BCUT2D eigenvalue weighted by Gasteiger charge is 2.40. The van der Waals surface area contributed by atoms with Crippen LogP contribution >= 0.6 is 0 Å². The van der Waals surface area contributed by atoms with Crippen LogP contribution in [-0.4, -0.2) is 29.8 Å². The Labute approximate surface area is 100 Å². The number of aromatic nitrogens is 1. The number of nitrogen functional groups attached to an aromatic ring is 1. The summed E-state index contributed by atoms with van der Waals surface area (Å²) < 4.78 is 48.6. The van der Waals surface area contributed by atoms with E-state index in [1.807, 2.05) is 0 Å². The van der Waals surface area contributed by atoms with Crippen molar-refractivity contribution >= 4 is 11.6 Å². The highest BCUT2D eigenvalue weighted by Crippen LogP contribution is 2.21. The van der Waals surface area contributed by atoms with Crippen LogP contribution in [0, 0.1) is 0 Å². The highest BCUT2D eigenvalue weighted by atomic mass is 19.3. The average molecular weight is 265 g/mol. The maximum atomic E-state index is 12.5.